The smallest absolute Gasteiger partial charge is 0.0314 e. The third kappa shape index (κ3) is 8.82. The van der Waals surface area contributed by atoms with Crippen molar-refractivity contribution in [2.75, 3.05) is 11.5 Å². The Labute approximate surface area is 223 Å². The molecule has 0 saturated heterocycles. The van der Waals surface area contributed by atoms with Crippen molar-refractivity contribution in [3.63, 3.8) is 0 Å². The number of nitrogens with two attached hydrogens (primary N) is 2. The van der Waals surface area contributed by atoms with Gasteiger partial charge in [-0.15, -0.1) is 0 Å². The van der Waals surface area contributed by atoms with Gasteiger partial charge in [-0.25, -0.2) is 0 Å². The molecule has 0 aliphatic heterocycles. The molecule has 0 heterocycles. The highest BCUT2D eigenvalue weighted by atomic mass is 14.5. The lowest BCUT2D eigenvalue weighted by molar-refractivity contribution is 0.406. The first-order valence-corrected chi connectivity index (χ1v) is 13.9. The summed E-state index contributed by atoms with van der Waals surface area (Å²) < 4.78 is 0. The number of nitrogen functional groups attached to an aromatic ring is 2. The molecule has 192 valence electrons. The van der Waals surface area contributed by atoms with E-state index in [1.54, 1.807) is 0 Å². The molecule has 0 aliphatic carbocycles. The standard InChI is InChI=1S/C35H42N2/c1-2-3-4-27(5-7-28-9-13-30(14-10-28)25-32-17-21-34(36)22-18-32)6-8-29-11-15-31(16-12-29)26-33-19-23-35(37)24-20-33/h9-24,27H,2-8,25-26,36-37H2,1H3. The normalized spacial score (nSPS) is 11.2. The van der Waals surface area contributed by atoms with Gasteiger partial charge in [-0.1, -0.05) is 99.0 Å². The summed E-state index contributed by atoms with van der Waals surface area (Å²) in [5, 5.41) is 0. The molecule has 0 atom stereocenters. The second-order valence-electron chi connectivity index (χ2n) is 10.6. The molecular weight excluding hydrogens is 448 g/mol. The molecule has 0 spiro atoms. The summed E-state index contributed by atoms with van der Waals surface area (Å²) in [4.78, 5) is 0. The molecule has 0 fully saturated rings. The summed E-state index contributed by atoms with van der Waals surface area (Å²) in [6.07, 6.45) is 10.7. The summed E-state index contributed by atoms with van der Waals surface area (Å²) in [7, 11) is 0. The first-order chi connectivity index (χ1) is 18.1. The van der Waals surface area contributed by atoms with E-state index in [2.05, 4.69) is 79.7 Å². The van der Waals surface area contributed by atoms with Crippen LogP contribution in [0.15, 0.2) is 97.1 Å². The summed E-state index contributed by atoms with van der Waals surface area (Å²) >= 11 is 0. The molecule has 0 saturated carbocycles. The van der Waals surface area contributed by atoms with Crippen LogP contribution in [0.5, 0.6) is 0 Å². The van der Waals surface area contributed by atoms with Gasteiger partial charge in [0.1, 0.15) is 0 Å². The molecule has 2 nitrogen and oxygen atoms in total. The lowest BCUT2D eigenvalue weighted by Gasteiger charge is -2.17. The second-order valence-corrected chi connectivity index (χ2v) is 10.6. The fraction of sp³-hybridized carbons (Fsp3) is 0.314. The quantitative estimate of drug-likeness (QED) is 0.185. The van der Waals surface area contributed by atoms with E-state index in [1.807, 2.05) is 24.3 Å². The van der Waals surface area contributed by atoms with Gasteiger partial charge in [-0.05, 0) is 102 Å². The Balaban J connectivity index is 1.26. The van der Waals surface area contributed by atoms with Gasteiger partial charge >= 0.3 is 0 Å². The molecule has 4 aromatic carbocycles. The fourth-order valence-corrected chi connectivity index (χ4v) is 5.06. The van der Waals surface area contributed by atoms with E-state index in [-0.39, 0.29) is 0 Å². The van der Waals surface area contributed by atoms with E-state index in [0.29, 0.717) is 0 Å². The van der Waals surface area contributed by atoms with Crippen LogP contribution < -0.4 is 11.5 Å². The van der Waals surface area contributed by atoms with Crippen LogP contribution in [-0.4, -0.2) is 0 Å². The minimum Gasteiger partial charge on any atom is -0.399 e. The zero-order valence-electron chi connectivity index (χ0n) is 22.3. The van der Waals surface area contributed by atoms with Gasteiger partial charge in [0, 0.05) is 11.4 Å². The number of unbranched alkanes of at least 4 members (excludes halogenated alkanes) is 1. The molecule has 2 heteroatoms. The van der Waals surface area contributed by atoms with Gasteiger partial charge in [0.05, 0.1) is 0 Å². The maximum absolute atomic E-state index is 5.81. The van der Waals surface area contributed by atoms with Crippen LogP contribution in [0.4, 0.5) is 11.4 Å². The number of hydrogen-bond acceptors (Lipinski definition) is 2. The molecule has 4 rings (SSSR count). The minimum atomic E-state index is 0.781. The highest BCUT2D eigenvalue weighted by Gasteiger charge is 2.10. The molecular formula is C35H42N2. The topological polar surface area (TPSA) is 52.0 Å². The lowest BCUT2D eigenvalue weighted by atomic mass is 9.88. The summed E-state index contributed by atoms with van der Waals surface area (Å²) in [5.41, 5.74) is 21.5. The van der Waals surface area contributed by atoms with Crippen LogP contribution in [0.2, 0.25) is 0 Å². The average Bonchev–Trinajstić information content (AvgIpc) is 2.92. The molecule has 4 N–H and O–H groups in total. The number of rotatable bonds is 13. The van der Waals surface area contributed by atoms with E-state index >= 15 is 0 Å². The predicted octanol–water partition coefficient (Wildman–Crippen LogP) is 8.40. The SMILES string of the molecule is CCCCC(CCc1ccc(Cc2ccc(N)cc2)cc1)CCc1ccc(Cc2ccc(N)cc2)cc1. The van der Waals surface area contributed by atoms with Crippen LogP contribution in [0, 0.1) is 5.92 Å². The van der Waals surface area contributed by atoms with Crippen molar-refractivity contribution in [1.29, 1.82) is 0 Å². The second kappa shape index (κ2) is 13.7. The van der Waals surface area contributed by atoms with Crippen molar-refractivity contribution in [3.05, 3.63) is 130 Å². The average molecular weight is 491 g/mol. The molecule has 0 aliphatic rings. The molecule has 0 unspecified atom stereocenters. The van der Waals surface area contributed by atoms with Crippen molar-refractivity contribution >= 4 is 11.4 Å². The van der Waals surface area contributed by atoms with Crippen molar-refractivity contribution < 1.29 is 0 Å². The van der Waals surface area contributed by atoms with Gasteiger partial charge in [0.2, 0.25) is 0 Å². The third-order valence-corrected chi connectivity index (χ3v) is 7.47. The monoisotopic (exact) mass is 490 g/mol. The van der Waals surface area contributed by atoms with Crippen LogP contribution in [-0.2, 0) is 25.7 Å². The van der Waals surface area contributed by atoms with Crippen LogP contribution in [0.3, 0.4) is 0 Å². The van der Waals surface area contributed by atoms with Gasteiger partial charge in [0.25, 0.3) is 0 Å². The maximum Gasteiger partial charge on any atom is 0.0314 e. The van der Waals surface area contributed by atoms with Crippen molar-refractivity contribution in [1.82, 2.24) is 0 Å². The molecule has 0 bridgehead atoms. The summed E-state index contributed by atoms with van der Waals surface area (Å²) in [5.74, 6) is 0.781. The Morgan fingerprint density at radius 2 is 0.784 bits per heavy atom. The van der Waals surface area contributed by atoms with E-state index in [1.165, 1.54) is 65.5 Å². The van der Waals surface area contributed by atoms with Gasteiger partial charge in [-0.3, -0.25) is 0 Å². The van der Waals surface area contributed by atoms with E-state index in [4.69, 9.17) is 11.5 Å². The number of aryl methyl sites for hydroxylation is 2. The summed E-state index contributed by atoms with van der Waals surface area (Å²) in [6, 6.07) is 34.9. The first kappa shape index (κ1) is 26.5. The predicted molar refractivity (Wildman–Crippen MR) is 160 cm³/mol. The van der Waals surface area contributed by atoms with Gasteiger partial charge < -0.3 is 11.5 Å². The van der Waals surface area contributed by atoms with E-state index < -0.39 is 0 Å². The van der Waals surface area contributed by atoms with Crippen molar-refractivity contribution in [2.24, 2.45) is 5.92 Å². The van der Waals surface area contributed by atoms with Crippen molar-refractivity contribution in [2.45, 2.75) is 64.7 Å². The van der Waals surface area contributed by atoms with Crippen LogP contribution in [0.25, 0.3) is 0 Å². The van der Waals surface area contributed by atoms with Crippen LogP contribution >= 0.6 is 0 Å². The van der Waals surface area contributed by atoms with E-state index in [0.717, 1.165) is 43.0 Å². The van der Waals surface area contributed by atoms with Gasteiger partial charge in [0.15, 0.2) is 0 Å². The minimum absolute atomic E-state index is 0.781. The Morgan fingerprint density at radius 3 is 1.14 bits per heavy atom. The zero-order chi connectivity index (χ0) is 25.9. The zero-order valence-corrected chi connectivity index (χ0v) is 22.3. The molecule has 0 aromatic heterocycles. The Bertz CT molecular complexity index is 1100. The number of anilines is 2. The molecule has 0 radical (unpaired) electrons. The van der Waals surface area contributed by atoms with E-state index in [9.17, 15) is 0 Å². The number of benzene rings is 4. The highest BCUT2D eigenvalue weighted by Crippen LogP contribution is 2.23. The lowest BCUT2D eigenvalue weighted by Crippen LogP contribution is -2.05. The van der Waals surface area contributed by atoms with Crippen molar-refractivity contribution in [3.8, 4) is 0 Å². The number of hydrogen-bond donors (Lipinski definition) is 2. The summed E-state index contributed by atoms with van der Waals surface area (Å²) in [6.45, 7) is 2.30. The largest absolute Gasteiger partial charge is 0.399 e. The molecule has 4 aromatic rings. The first-order valence-electron chi connectivity index (χ1n) is 13.9. The Morgan fingerprint density at radius 1 is 0.459 bits per heavy atom. The third-order valence-electron chi connectivity index (χ3n) is 7.47. The molecule has 0 amide bonds. The van der Waals surface area contributed by atoms with Crippen LogP contribution in [0.1, 0.15) is 72.4 Å². The Hall–Kier alpha value is -3.52. The van der Waals surface area contributed by atoms with Gasteiger partial charge in [-0.2, -0.15) is 0 Å². The Kier molecular flexibility index (Phi) is 9.82. The maximum atomic E-state index is 5.81. The fourth-order valence-electron chi connectivity index (χ4n) is 5.06. The highest BCUT2D eigenvalue weighted by molar-refractivity contribution is 5.41. The molecule has 37 heavy (non-hydrogen) atoms.